The van der Waals surface area contributed by atoms with Crippen LogP contribution in [-0.4, -0.2) is 24.5 Å². The second-order valence-corrected chi connectivity index (χ2v) is 4.76. The minimum atomic E-state index is 0.422. The SMILES string of the molecule is CSc1c(O)cccc1C1CCCNC1. The Morgan fingerprint density at radius 1 is 1.47 bits per heavy atom. The van der Waals surface area contributed by atoms with Crippen LogP contribution >= 0.6 is 11.8 Å². The van der Waals surface area contributed by atoms with Crippen molar-refractivity contribution in [3.8, 4) is 5.75 Å². The van der Waals surface area contributed by atoms with E-state index in [0.717, 1.165) is 18.0 Å². The summed E-state index contributed by atoms with van der Waals surface area (Å²) in [6.07, 6.45) is 4.48. The highest BCUT2D eigenvalue weighted by Gasteiger charge is 2.19. The molecule has 2 rings (SSSR count). The third kappa shape index (κ3) is 2.29. The summed E-state index contributed by atoms with van der Waals surface area (Å²) in [5.41, 5.74) is 1.30. The van der Waals surface area contributed by atoms with Crippen molar-refractivity contribution in [2.45, 2.75) is 23.7 Å². The maximum absolute atomic E-state index is 9.78. The Labute approximate surface area is 95.1 Å². The Balaban J connectivity index is 2.29. The maximum Gasteiger partial charge on any atom is 0.129 e. The molecule has 1 aromatic rings. The molecule has 0 aliphatic carbocycles. The summed E-state index contributed by atoms with van der Waals surface area (Å²) in [6.45, 7) is 2.17. The highest BCUT2D eigenvalue weighted by atomic mass is 32.2. The van der Waals surface area contributed by atoms with E-state index in [1.807, 2.05) is 12.3 Å². The number of benzene rings is 1. The summed E-state index contributed by atoms with van der Waals surface area (Å²) in [5.74, 6) is 0.985. The Kier molecular flexibility index (Phi) is 3.54. The largest absolute Gasteiger partial charge is 0.507 e. The fourth-order valence-electron chi connectivity index (χ4n) is 2.20. The smallest absolute Gasteiger partial charge is 0.129 e. The number of hydrogen-bond acceptors (Lipinski definition) is 3. The summed E-state index contributed by atoms with van der Waals surface area (Å²) < 4.78 is 0. The Hall–Kier alpha value is -0.670. The molecule has 0 aromatic heterocycles. The van der Waals surface area contributed by atoms with Crippen molar-refractivity contribution in [3.63, 3.8) is 0 Å². The fraction of sp³-hybridized carbons (Fsp3) is 0.500. The van der Waals surface area contributed by atoms with Crippen molar-refractivity contribution in [3.05, 3.63) is 23.8 Å². The zero-order chi connectivity index (χ0) is 10.7. The van der Waals surface area contributed by atoms with Crippen LogP contribution in [0.15, 0.2) is 23.1 Å². The molecule has 0 bridgehead atoms. The van der Waals surface area contributed by atoms with Gasteiger partial charge in [-0.15, -0.1) is 11.8 Å². The third-order valence-electron chi connectivity index (χ3n) is 2.97. The highest BCUT2D eigenvalue weighted by molar-refractivity contribution is 7.98. The molecule has 1 saturated heterocycles. The topological polar surface area (TPSA) is 32.3 Å². The van der Waals surface area contributed by atoms with Gasteiger partial charge in [-0.1, -0.05) is 12.1 Å². The van der Waals surface area contributed by atoms with Crippen LogP contribution in [0.5, 0.6) is 5.75 Å². The van der Waals surface area contributed by atoms with Crippen LogP contribution in [0.4, 0.5) is 0 Å². The van der Waals surface area contributed by atoms with Crippen LogP contribution < -0.4 is 5.32 Å². The van der Waals surface area contributed by atoms with Crippen molar-refractivity contribution in [1.29, 1.82) is 0 Å². The van der Waals surface area contributed by atoms with E-state index in [0.29, 0.717) is 11.7 Å². The van der Waals surface area contributed by atoms with Gasteiger partial charge in [-0.25, -0.2) is 0 Å². The first-order chi connectivity index (χ1) is 7.33. The van der Waals surface area contributed by atoms with Gasteiger partial charge in [-0.3, -0.25) is 0 Å². The number of nitrogens with one attached hydrogen (secondary N) is 1. The van der Waals surface area contributed by atoms with E-state index < -0.39 is 0 Å². The third-order valence-corrected chi connectivity index (χ3v) is 3.82. The minimum absolute atomic E-state index is 0.422. The van der Waals surface area contributed by atoms with E-state index in [2.05, 4.69) is 11.4 Å². The molecule has 1 aromatic carbocycles. The molecule has 0 saturated carbocycles. The van der Waals surface area contributed by atoms with E-state index in [1.54, 1.807) is 17.8 Å². The van der Waals surface area contributed by atoms with E-state index >= 15 is 0 Å². The lowest BCUT2D eigenvalue weighted by Crippen LogP contribution is -2.28. The van der Waals surface area contributed by atoms with Crippen molar-refractivity contribution < 1.29 is 5.11 Å². The minimum Gasteiger partial charge on any atom is -0.507 e. The Morgan fingerprint density at radius 2 is 2.33 bits per heavy atom. The summed E-state index contributed by atoms with van der Waals surface area (Å²) in [4.78, 5) is 1.05. The monoisotopic (exact) mass is 223 g/mol. The Bertz CT molecular complexity index is 334. The first kappa shape index (κ1) is 10.8. The van der Waals surface area contributed by atoms with E-state index in [1.165, 1.54) is 18.4 Å². The lowest BCUT2D eigenvalue weighted by Gasteiger charge is -2.25. The Morgan fingerprint density at radius 3 is 3.00 bits per heavy atom. The molecule has 1 unspecified atom stereocenters. The van der Waals surface area contributed by atoms with Gasteiger partial charge in [0.1, 0.15) is 5.75 Å². The number of piperidine rings is 1. The molecule has 1 atom stereocenters. The summed E-state index contributed by atoms with van der Waals surface area (Å²) in [6, 6.07) is 5.85. The van der Waals surface area contributed by atoms with Gasteiger partial charge < -0.3 is 10.4 Å². The van der Waals surface area contributed by atoms with E-state index in [9.17, 15) is 5.11 Å². The molecule has 1 aliphatic heterocycles. The maximum atomic E-state index is 9.78. The lowest BCUT2D eigenvalue weighted by molar-refractivity contribution is 0.439. The number of hydrogen-bond donors (Lipinski definition) is 2. The number of rotatable bonds is 2. The zero-order valence-corrected chi connectivity index (χ0v) is 9.81. The van der Waals surface area contributed by atoms with Gasteiger partial charge in [0.15, 0.2) is 0 Å². The molecule has 0 radical (unpaired) electrons. The summed E-state index contributed by atoms with van der Waals surface area (Å²) in [7, 11) is 0. The molecule has 15 heavy (non-hydrogen) atoms. The van der Waals surface area contributed by atoms with Gasteiger partial charge in [0.2, 0.25) is 0 Å². The molecular weight excluding hydrogens is 206 g/mol. The van der Waals surface area contributed by atoms with Gasteiger partial charge in [0.05, 0.1) is 4.90 Å². The molecule has 3 heteroatoms. The lowest BCUT2D eigenvalue weighted by atomic mass is 9.91. The first-order valence-corrected chi connectivity index (χ1v) is 6.62. The number of phenolic OH excluding ortho intramolecular Hbond substituents is 1. The molecule has 0 amide bonds. The van der Waals surface area contributed by atoms with E-state index in [-0.39, 0.29) is 0 Å². The number of thioether (sulfide) groups is 1. The van der Waals surface area contributed by atoms with Crippen LogP contribution in [0.3, 0.4) is 0 Å². The normalized spacial score (nSPS) is 21.5. The van der Waals surface area contributed by atoms with Crippen molar-refractivity contribution in [2.24, 2.45) is 0 Å². The van der Waals surface area contributed by atoms with Gasteiger partial charge in [0, 0.05) is 6.54 Å². The second kappa shape index (κ2) is 4.90. The summed E-state index contributed by atoms with van der Waals surface area (Å²) >= 11 is 1.64. The van der Waals surface area contributed by atoms with Crippen molar-refractivity contribution in [2.75, 3.05) is 19.3 Å². The van der Waals surface area contributed by atoms with Gasteiger partial charge in [0.25, 0.3) is 0 Å². The van der Waals surface area contributed by atoms with Crippen LogP contribution in [-0.2, 0) is 0 Å². The number of aromatic hydroxyl groups is 1. The second-order valence-electron chi connectivity index (χ2n) is 3.94. The van der Waals surface area contributed by atoms with Gasteiger partial charge >= 0.3 is 0 Å². The van der Waals surface area contributed by atoms with Crippen LogP contribution in [0.25, 0.3) is 0 Å². The van der Waals surface area contributed by atoms with Crippen LogP contribution in [0.2, 0.25) is 0 Å². The molecule has 1 heterocycles. The zero-order valence-electron chi connectivity index (χ0n) is 8.99. The van der Waals surface area contributed by atoms with E-state index in [4.69, 9.17) is 0 Å². The van der Waals surface area contributed by atoms with Gasteiger partial charge in [-0.2, -0.15) is 0 Å². The first-order valence-electron chi connectivity index (χ1n) is 5.39. The van der Waals surface area contributed by atoms with Gasteiger partial charge in [-0.05, 0) is 43.2 Å². The fourth-order valence-corrected chi connectivity index (χ4v) is 2.95. The predicted octanol–water partition coefficient (Wildman–Crippen LogP) is 2.58. The van der Waals surface area contributed by atoms with Crippen LogP contribution in [0.1, 0.15) is 24.3 Å². The molecule has 1 fully saturated rings. The van der Waals surface area contributed by atoms with Crippen LogP contribution in [0, 0.1) is 0 Å². The van der Waals surface area contributed by atoms with Crippen molar-refractivity contribution in [1.82, 2.24) is 5.32 Å². The average Bonchev–Trinajstić information content (AvgIpc) is 2.30. The molecule has 0 spiro atoms. The van der Waals surface area contributed by atoms with Crippen molar-refractivity contribution >= 4 is 11.8 Å². The quantitative estimate of drug-likeness (QED) is 0.756. The standard InChI is InChI=1S/C12H17NOS/c1-15-12-10(5-2-6-11(12)14)9-4-3-7-13-8-9/h2,5-6,9,13-14H,3-4,7-8H2,1H3. The number of phenols is 1. The molecular formula is C12H17NOS. The highest BCUT2D eigenvalue weighted by Crippen LogP contribution is 2.36. The molecule has 82 valence electrons. The molecule has 2 N–H and O–H groups in total. The molecule has 1 aliphatic rings. The summed E-state index contributed by atoms with van der Waals surface area (Å²) in [5, 5.41) is 13.2. The molecule has 2 nitrogen and oxygen atoms in total. The predicted molar refractivity (Wildman–Crippen MR) is 64.7 cm³/mol. The average molecular weight is 223 g/mol.